The number of fused-ring (bicyclic) bond motifs is 1. The summed E-state index contributed by atoms with van der Waals surface area (Å²) in [6, 6.07) is 2.13. The van der Waals surface area contributed by atoms with Crippen LogP contribution in [0.3, 0.4) is 0 Å². The lowest BCUT2D eigenvalue weighted by molar-refractivity contribution is 0.00578. The zero-order valence-corrected chi connectivity index (χ0v) is 12.8. The zero-order chi connectivity index (χ0) is 15.4. The van der Waals surface area contributed by atoms with Crippen molar-refractivity contribution in [1.82, 2.24) is 14.6 Å². The van der Waals surface area contributed by atoms with Gasteiger partial charge in [0.05, 0.1) is 16.9 Å². The lowest BCUT2D eigenvalue weighted by atomic mass is 9.81. The van der Waals surface area contributed by atoms with Gasteiger partial charge in [-0.2, -0.15) is 10.4 Å². The molecule has 0 spiro atoms. The molecule has 0 unspecified atom stereocenters. The highest BCUT2D eigenvalue weighted by Gasteiger charge is 2.52. The Hall–Kier alpha value is -1.91. The van der Waals surface area contributed by atoms with Gasteiger partial charge in [-0.25, -0.2) is 9.50 Å². The Morgan fingerprint density at radius 1 is 1.24 bits per heavy atom. The molecular weight excluding hydrogens is 267 g/mol. The highest BCUT2D eigenvalue weighted by Crippen LogP contribution is 2.36. The Morgan fingerprint density at radius 3 is 2.43 bits per heavy atom. The number of hydrogen-bond donors (Lipinski definition) is 0. The fourth-order valence-corrected chi connectivity index (χ4v) is 2.29. The fourth-order valence-electron chi connectivity index (χ4n) is 2.29. The average Bonchev–Trinajstić information content (AvgIpc) is 2.81. The van der Waals surface area contributed by atoms with Crippen LogP contribution in [0, 0.1) is 18.3 Å². The molecule has 0 bridgehead atoms. The number of nitriles is 1. The van der Waals surface area contributed by atoms with Gasteiger partial charge in [0.25, 0.3) is 0 Å². The van der Waals surface area contributed by atoms with Gasteiger partial charge in [-0.3, -0.25) is 0 Å². The second-order valence-electron chi connectivity index (χ2n) is 6.32. The van der Waals surface area contributed by atoms with Gasteiger partial charge in [0.15, 0.2) is 5.65 Å². The summed E-state index contributed by atoms with van der Waals surface area (Å²) >= 11 is 0. The van der Waals surface area contributed by atoms with E-state index in [9.17, 15) is 0 Å². The Morgan fingerprint density at radius 2 is 1.86 bits per heavy atom. The van der Waals surface area contributed by atoms with Crippen LogP contribution >= 0.6 is 0 Å². The standard InChI is InChI=1S/C14H17BN4O2/c1-9-11(6-16)12-17-7-10(8-19(12)18-9)15-20-13(2,3)14(4,5)21-15/h7-8H,1-5H3. The number of hydrogen-bond acceptors (Lipinski definition) is 5. The van der Waals surface area contributed by atoms with Gasteiger partial charge in [0, 0.05) is 17.9 Å². The van der Waals surface area contributed by atoms with Gasteiger partial charge in [0.1, 0.15) is 11.6 Å². The number of rotatable bonds is 1. The van der Waals surface area contributed by atoms with Crippen molar-refractivity contribution in [3.63, 3.8) is 0 Å². The lowest BCUT2D eigenvalue weighted by Gasteiger charge is -2.32. The molecule has 0 amide bonds. The molecule has 1 aliphatic heterocycles. The molecule has 3 heterocycles. The minimum absolute atomic E-state index is 0.398. The summed E-state index contributed by atoms with van der Waals surface area (Å²) in [5, 5.41) is 13.4. The summed E-state index contributed by atoms with van der Waals surface area (Å²) in [6.45, 7) is 9.81. The van der Waals surface area contributed by atoms with Gasteiger partial charge < -0.3 is 9.31 Å². The van der Waals surface area contributed by atoms with Gasteiger partial charge >= 0.3 is 7.12 Å². The second-order valence-corrected chi connectivity index (χ2v) is 6.32. The molecule has 1 aliphatic rings. The van der Waals surface area contributed by atoms with Crippen molar-refractivity contribution in [1.29, 1.82) is 5.26 Å². The third-order valence-electron chi connectivity index (χ3n) is 4.30. The molecule has 21 heavy (non-hydrogen) atoms. The molecule has 108 valence electrons. The topological polar surface area (TPSA) is 72.4 Å². The largest absolute Gasteiger partial charge is 0.498 e. The van der Waals surface area contributed by atoms with Crippen LogP contribution in [0.15, 0.2) is 12.4 Å². The molecule has 3 rings (SSSR count). The first-order valence-electron chi connectivity index (χ1n) is 6.86. The van der Waals surface area contributed by atoms with Crippen LogP contribution in [0.5, 0.6) is 0 Å². The molecule has 0 aliphatic carbocycles. The lowest BCUT2D eigenvalue weighted by Crippen LogP contribution is -2.41. The number of aryl methyl sites for hydroxylation is 1. The van der Waals surface area contributed by atoms with E-state index in [0.29, 0.717) is 16.9 Å². The normalized spacial score (nSPS) is 19.9. The maximum atomic E-state index is 9.13. The Balaban J connectivity index is 2.02. The number of aromatic nitrogens is 3. The van der Waals surface area contributed by atoms with Gasteiger partial charge in [0.2, 0.25) is 0 Å². The first-order chi connectivity index (χ1) is 9.75. The van der Waals surface area contributed by atoms with E-state index in [2.05, 4.69) is 16.2 Å². The summed E-state index contributed by atoms with van der Waals surface area (Å²) in [6.07, 6.45) is 3.48. The fraction of sp³-hybridized carbons (Fsp3) is 0.500. The molecule has 0 radical (unpaired) electrons. The van der Waals surface area contributed by atoms with Crippen molar-refractivity contribution in [3.8, 4) is 6.07 Å². The van der Waals surface area contributed by atoms with E-state index in [-0.39, 0.29) is 0 Å². The van der Waals surface area contributed by atoms with E-state index in [1.807, 2.05) is 27.7 Å². The van der Waals surface area contributed by atoms with Crippen molar-refractivity contribution < 1.29 is 9.31 Å². The molecule has 1 fully saturated rings. The molecule has 6 nitrogen and oxygen atoms in total. The summed E-state index contributed by atoms with van der Waals surface area (Å²) in [7, 11) is -0.484. The van der Waals surface area contributed by atoms with Crippen LogP contribution < -0.4 is 5.46 Å². The van der Waals surface area contributed by atoms with Crippen LogP contribution in [0.4, 0.5) is 0 Å². The monoisotopic (exact) mass is 284 g/mol. The van der Waals surface area contributed by atoms with E-state index in [4.69, 9.17) is 14.6 Å². The SMILES string of the molecule is Cc1nn2cc(B3OC(C)(C)C(C)(C)O3)cnc2c1C#N. The summed E-state index contributed by atoms with van der Waals surface area (Å²) in [4.78, 5) is 4.33. The quantitative estimate of drug-likeness (QED) is 0.736. The molecule has 0 aromatic carbocycles. The third kappa shape index (κ3) is 2.03. The van der Waals surface area contributed by atoms with E-state index in [1.165, 1.54) is 0 Å². The molecule has 0 atom stereocenters. The van der Waals surface area contributed by atoms with E-state index < -0.39 is 18.3 Å². The molecule has 2 aromatic heterocycles. The summed E-state index contributed by atoms with van der Waals surface area (Å²) < 4.78 is 13.6. The highest BCUT2D eigenvalue weighted by molar-refractivity contribution is 6.61. The molecule has 2 aromatic rings. The Bertz CT molecular complexity index is 744. The minimum atomic E-state index is -0.484. The molecular formula is C14H17BN4O2. The van der Waals surface area contributed by atoms with Crippen LogP contribution in [-0.4, -0.2) is 32.9 Å². The molecule has 0 saturated carbocycles. The van der Waals surface area contributed by atoms with Crippen molar-refractivity contribution in [2.24, 2.45) is 0 Å². The van der Waals surface area contributed by atoms with Gasteiger partial charge in [-0.05, 0) is 34.6 Å². The second kappa shape index (κ2) is 4.29. The van der Waals surface area contributed by atoms with E-state index in [1.54, 1.807) is 23.8 Å². The smallest absolute Gasteiger partial charge is 0.399 e. The third-order valence-corrected chi connectivity index (χ3v) is 4.30. The van der Waals surface area contributed by atoms with Crippen LogP contribution in [-0.2, 0) is 9.31 Å². The van der Waals surface area contributed by atoms with Crippen LogP contribution in [0.1, 0.15) is 39.0 Å². The van der Waals surface area contributed by atoms with Crippen molar-refractivity contribution in [2.45, 2.75) is 45.8 Å². The summed E-state index contributed by atoms with van der Waals surface area (Å²) in [5.41, 5.74) is 1.70. The Labute approximate surface area is 123 Å². The van der Waals surface area contributed by atoms with Gasteiger partial charge in [-0.1, -0.05) is 0 Å². The predicted octanol–water partition coefficient (Wildman–Crippen LogP) is 1.21. The van der Waals surface area contributed by atoms with Crippen molar-refractivity contribution >= 4 is 18.2 Å². The molecule has 0 N–H and O–H groups in total. The van der Waals surface area contributed by atoms with E-state index >= 15 is 0 Å². The zero-order valence-electron chi connectivity index (χ0n) is 12.8. The first kappa shape index (κ1) is 14.0. The van der Waals surface area contributed by atoms with E-state index in [0.717, 1.165) is 5.46 Å². The first-order valence-corrected chi connectivity index (χ1v) is 6.86. The Kier molecular flexibility index (Phi) is 2.87. The maximum absolute atomic E-state index is 9.13. The summed E-state index contributed by atoms with van der Waals surface area (Å²) in [5.74, 6) is 0. The van der Waals surface area contributed by atoms with Gasteiger partial charge in [-0.15, -0.1) is 0 Å². The van der Waals surface area contributed by atoms with Crippen molar-refractivity contribution in [2.75, 3.05) is 0 Å². The molecule has 1 saturated heterocycles. The minimum Gasteiger partial charge on any atom is -0.399 e. The van der Waals surface area contributed by atoms with Crippen LogP contribution in [0.2, 0.25) is 0 Å². The predicted molar refractivity (Wildman–Crippen MR) is 78.2 cm³/mol. The maximum Gasteiger partial charge on any atom is 0.498 e. The number of nitrogens with zero attached hydrogens (tertiary/aromatic N) is 4. The average molecular weight is 284 g/mol. The van der Waals surface area contributed by atoms with Crippen molar-refractivity contribution in [3.05, 3.63) is 23.7 Å². The highest BCUT2D eigenvalue weighted by atomic mass is 16.7. The molecule has 7 heteroatoms. The van der Waals surface area contributed by atoms with Crippen LogP contribution in [0.25, 0.3) is 5.65 Å².